The summed E-state index contributed by atoms with van der Waals surface area (Å²) in [5, 5.41) is 15.9. The van der Waals surface area contributed by atoms with E-state index < -0.39 is 36.2 Å². The number of carbonyl (C=O) groups excluding carboxylic acids is 1. The maximum absolute atomic E-state index is 13.9. The van der Waals surface area contributed by atoms with Crippen molar-refractivity contribution in [2.24, 2.45) is 7.05 Å². The molecule has 2 aromatic rings. The van der Waals surface area contributed by atoms with Crippen molar-refractivity contribution in [2.75, 3.05) is 6.67 Å². The van der Waals surface area contributed by atoms with Crippen LogP contribution in [0, 0.1) is 6.92 Å². The van der Waals surface area contributed by atoms with Gasteiger partial charge in [-0.2, -0.15) is 5.10 Å². The molecule has 31 heavy (non-hydrogen) atoms. The number of nitrogens with one attached hydrogen (secondary N) is 1. The Morgan fingerprint density at radius 2 is 2.00 bits per heavy atom. The van der Waals surface area contributed by atoms with E-state index >= 15 is 0 Å². The van der Waals surface area contributed by atoms with E-state index in [0.29, 0.717) is 11.3 Å². The Morgan fingerprint density at radius 1 is 1.35 bits per heavy atom. The lowest BCUT2D eigenvalue weighted by Gasteiger charge is -2.16. The highest BCUT2D eigenvalue weighted by Crippen LogP contribution is 2.26. The molecule has 0 saturated carbocycles. The highest BCUT2D eigenvalue weighted by Gasteiger charge is 2.25. The van der Waals surface area contributed by atoms with Gasteiger partial charge in [-0.15, -0.1) is 0 Å². The van der Waals surface area contributed by atoms with Crippen molar-refractivity contribution < 1.29 is 28.2 Å². The maximum Gasteiger partial charge on any atom is 0.335 e. The van der Waals surface area contributed by atoms with Gasteiger partial charge < -0.3 is 15.2 Å². The average molecular weight is 431 g/mol. The summed E-state index contributed by atoms with van der Waals surface area (Å²) in [6.45, 7) is 5.41. The topological polar surface area (TPSA) is 93.4 Å². The number of hydrogen-bond acceptors (Lipinski definition) is 4. The molecule has 2 N–H and O–H groups in total. The van der Waals surface area contributed by atoms with Gasteiger partial charge in [0.25, 0.3) is 5.91 Å². The third-order valence-electron chi connectivity index (χ3n) is 4.38. The summed E-state index contributed by atoms with van der Waals surface area (Å²) in [4.78, 5) is 23.9. The first-order valence-corrected chi connectivity index (χ1v) is 9.28. The summed E-state index contributed by atoms with van der Waals surface area (Å²) in [7, 11) is 1.51. The van der Waals surface area contributed by atoms with E-state index in [0.717, 1.165) is 0 Å². The summed E-state index contributed by atoms with van der Waals surface area (Å²) >= 11 is 0. The first-order chi connectivity index (χ1) is 14.7. The number of hydrogen-bond donors (Lipinski definition) is 2. The van der Waals surface area contributed by atoms with Gasteiger partial charge in [0, 0.05) is 7.05 Å². The minimum absolute atomic E-state index is 0.0595. The van der Waals surface area contributed by atoms with Crippen molar-refractivity contribution in [1.29, 1.82) is 0 Å². The molecule has 0 bridgehead atoms. The molecule has 0 aliphatic rings. The van der Waals surface area contributed by atoms with Gasteiger partial charge in [0.2, 0.25) is 5.88 Å². The van der Waals surface area contributed by atoms with Crippen LogP contribution < -0.4 is 10.1 Å². The van der Waals surface area contributed by atoms with E-state index in [-0.39, 0.29) is 17.0 Å². The molecular formula is C22H23F2N3O4. The quantitative estimate of drug-likeness (QED) is 0.459. The number of aromatic carboxylic acids is 1. The van der Waals surface area contributed by atoms with Gasteiger partial charge in [0.15, 0.2) is 11.6 Å². The molecule has 1 aromatic heterocycles. The van der Waals surface area contributed by atoms with Crippen LogP contribution in [0.4, 0.5) is 8.78 Å². The number of ether oxygens (including phenoxy) is 1. The fraction of sp³-hybridized carbons (Fsp3) is 0.227. The molecule has 1 heterocycles. The summed E-state index contributed by atoms with van der Waals surface area (Å²) < 4.78 is 33.5. The molecule has 0 radical (unpaired) electrons. The number of rotatable bonds is 9. The molecule has 1 aromatic carbocycles. The van der Waals surface area contributed by atoms with Gasteiger partial charge in [0.05, 0.1) is 17.3 Å². The van der Waals surface area contributed by atoms with Crippen LogP contribution in [-0.4, -0.2) is 33.4 Å². The highest BCUT2D eigenvalue weighted by atomic mass is 19.2. The van der Waals surface area contributed by atoms with Crippen LogP contribution in [0.15, 0.2) is 60.7 Å². The lowest BCUT2D eigenvalue weighted by atomic mass is 10.1. The van der Waals surface area contributed by atoms with Crippen molar-refractivity contribution in [1.82, 2.24) is 15.1 Å². The van der Waals surface area contributed by atoms with Crippen LogP contribution in [0.3, 0.4) is 0 Å². The number of aromatic nitrogens is 2. The number of allylic oxidation sites excluding steroid dienone is 4. The molecule has 0 fully saturated rings. The van der Waals surface area contributed by atoms with E-state index in [1.54, 1.807) is 26.0 Å². The second-order valence-corrected chi connectivity index (χ2v) is 6.61. The van der Waals surface area contributed by atoms with Crippen molar-refractivity contribution in [3.63, 3.8) is 0 Å². The highest BCUT2D eigenvalue weighted by molar-refractivity contribution is 5.98. The van der Waals surface area contributed by atoms with E-state index in [1.165, 1.54) is 42.1 Å². The zero-order valence-corrected chi connectivity index (χ0v) is 17.4. The monoisotopic (exact) mass is 431 g/mol. The van der Waals surface area contributed by atoms with Crippen LogP contribution in [-0.2, 0) is 7.05 Å². The Hall–Kier alpha value is -3.75. The lowest BCUT2D eigenvalue weighted by molar-refractivity contribution is 0.0696. The van der Waals surface area contributed by atoms with Gasteiger partial charge >= 0.3 is 5.97 Å². The second kappa shape index (κ2) is 10.3. The molecule has 0 spiro atoms. The van der Waals surface area contributed by atoms with Gasteiger partial charge in [-0.25, -0.2) is 18.3 Å². The summed E-state index contributed by atoms with van der Waals surface area (Å²) in [6, 6.07) is 5.60. The molecule has 1 atom stereocenters. The van der Waals surface area contributed by atoms with Crippen molar-refractivity contribution in [3.8, 4) is 5.88 Å². The molecule has 1 amide bonds. The predicted octanol–water partition coefficient (Wildman–Crippen LogP) is 4.19. The van der Waals surface area contributed by atoms with Crippen LogP contribution in [0.25, 0.3) is 0 Å². The van der Waals surface area contributed by atoms with E-state index in [4.69, 9.17) is 9.84 Å². The van der Waals surface area contributed by atoms with E-state index in [9.17, 15) is 18.4 Å². The minimum Gasteiger partial charge on any atom is -0.478 e. The molecule has 0 aliphatic heterocycles. The Kier molecular flexibility index (Phi) is 7.84. The summed E-state index contributed by atoms with van der Waals surface area (Å²) in [5.41, 5.74) is 1.20. The maximum atomic E-state index is 13.9. The number of halogens is 2. The number of nitrogens with zero attached hydrogens (tertiary/aromatic N) is 2. The zero-order chi connectivity index (χ0) is 23.1. The molecule has 2 rings (SSSR count). The van der Waals surface area contributed by atoms with Crippen molar-refractivity contribution in [3.05, 3.63) is 83.0 Å². The number of amides is 1. The largest absolute Gasteiger partial charge is 0.478 e. The molecule has 164 valence electrons. The second-order valence-electron chi connectivity index (χ2n) is 6.61. The Bertz CT molecular complexity index is 1040. The van der Waals surface area contributed by atoms with E-state index in [1.807, 2.05) is 0 Å². The molecule has 0 aliphatic carbocycles. The van der Waals surface area contributed by atoms with Crippen LogP contribution >= 0.6 is 0 Å². The minimum atomic E-state index is -1.38. The first kappa shape index (κ1) is 23.5. The lowest BCUT2D eigenvalue weighted by Crippen LogP contribution is -2.27. The zero-order valence-electron chi connectivity index (χ0n) is 17.4. The average Bonchev–Trinajstić information content (AvgIpc) is 3.03. The normalized spacial score (nSPS) is 12.9. The predicted molar refractivity (Wildman–Crippen MR) is 111 cm³/mol. The summed E-state index contributed by atoms with van der Waals surface area (Å²) in [6.07, 6.45) is 3.93. The summed E-state index contributed by atoms with van der Waals surface area (Å²) in [5.74, 6) is -3.20. The molecule has 0 saturated heterocycles. The fourth-order valence-corrected chi connectivity index (χ4v) is 2.79. The standard InChI is InChI=1S/C22H23F2N3O4/c1-5-6-7-18(17(24)12-23)31-21-19(14(3)26-27(21)4)20(28)25-13(2)15-8-10-16(11-9-15)22(29)30/h5-11,13H,1,12H2,2-4H3,(H,25,28)(H,29,30)/b7-6-,18-17-/t13-/m0/s1. The smallest absolute Gasteiger partial charge is 0.335 e. The molecular weight excluding hydrogens is 408 g/mol. The number of benzene rings is 1. The van der Waals surface area contributed by atoms with Gasteiger partial charge in [0.1, 0.15) is 12.2 Å². The fourth-order valence-electron chi connectivity index (χ4n) is 2.79. The first-order valence-electron chi connectivity index (χ1n) is 9.28. The van der Waals surface area contributed by atoms with Gasteiger partial charge in [-0.1, -0.05) is 30.9 Å². The number of alkyl halides is 1. The van der Waals surface area contributed by atoms with Crippen LogP contribution in [0.2, 0.25) is 0 Å². The Morgan fingerprint density at radius 3 is 2.55 bits per heavy atom. The Labute approximate surface area is 178 Å². The molecule has 0 unspecified atom stereocenters. The molecule has 7 nitrogen and oxygen atoms in total. The van der Waals surface area contributed by atoms with Gasteiger partial charge in [-0.05, 0) is 37.6 Å². The molecule has 9 heteroatoms. The van der Waals surface area contributed by atoms with Gasteiger partial charge in [-0.3, -0.25) is 4.79 Å². The third kappa shape index (κ3) is 5.65. The third-order valence-corrected chi connectivity index (χ3v) is 4.38. The Balaban J connectivity index is 2.31. The van der Waals surface area contributed by atoms with Crippen molar-refractivity contribution >= 4 is 11.9 Å². The van der Waals surface area contributed by atoms with Crippen molar-refractivity contribution in [2.45, 2.75) is 19.9 Å². The van der Waals surface area contributed by atoms with Crippen LogP contribution in [0.1, 0.15) is 44.9 Å². The number of carboxylic acid groups (broad SMARTS) is 1. The van der Waals surface area contributed by atoms with Crippen LogP contribution in [0.5, 0.6) is 5.88 Å². The number of carbonyl (C=O) groups is 2. The number of carboxylic acids is 1. The van der Waals surface area contributed by atoms with E-state index in [2.05, 4.69) is 17.0 Å². The SMILES string of the molecule is C=C/C=C\C(Oc1c(C(=O)N[C@@H](C)c2ccc(C(=O)O)cc2)c(C)nn1C)=C(\F)CF. The number of aryl methyl sites for hydroxylation is 2.